The van der Waals surface area contributed by atoms with Crippen molar-refractivity contribution in [1.82, 2.24) is 10.2 Å². The number of urea groups is 1. The number of thiophene rings is 1. The van der Waals surface area contributed by atoms with Crippen molar-refractivity contribution in [2.75, 3.05) is 5.75 Å². The first-order valence-corrected chi connectivity index (χ1v) is 10.3. The van der Waals surface area contributed by atoms with Crippen molar-refractivity contribution in [3.05, 3.63) is 52.9 Å². The van der Waals surface area contributed by atoms with Gasteiger partial charge in [0, 0.05) is 11.3 Å². The first-order valence-electron chi connectivity index (χ1n) is 7.88. The molecule has 1 aromatic carbocycles. The maximum Gasteiger partial charge on any atom is 0.325 e. The van der Waals surface area contributed by atoms with Crippen molar-refractivity contribution in [2.45, 2.75) is 30.1 Å². The van der Waals surface area contributed by atoms with E-state index in [4.69, 9.17) is 0 Å². The predicted octanol–water partition coefficient (Wildman–Crippen LogP) is 2.20. The molecule has 1 atom stereocenters. The Kier molecular flexibility index (Phi) is 4.91. The van der Waals surface area contributed by atoms with Crippen LogP contribution < -0.4 is 5.32 Å². The molecule has 1 aliphatic heterocycles. The molecule has 0 bridgehead atoms. The summed E-state index contributed by atoms with van der Waals surface area (Å²) >= 11 is 1.10. The molecule has 8 heteroatoms. The van der Waals surface area contributed by atoms with Gasteiger partial charge in [-0.15, -0.1) is 11.3 Å². The van der Waals surface area contributed by atoms with E-state index in [1.54, 1.807) is 13.0 Å². The zero-order chi connectivity index (χ0) is 18.0. The molecule has 0 spiro atoms. The number of sulfone groups is 1. The van der Waals surface area contributed by atoms with E-state index in [2.05, 4.69) is 5.32 Å². The monoisotopic (exact) mass is 378 g/mol. The third-order valence-electron chi connectivity index (χ3n) is 4.03. The van der Waals surface area contributed by atoms with Crippen LogP contribution in [0.4, 0.5) is 4.79 Å². The minimum Gasteiger partial charge on any atom is -0.325 e. The van der Waals surface area contributed by atoms with Crippen LogP contribution in [0.5, 0.6) is 0 Å². The van der Waals surface area contributed by atoms with Crippen LogP contribution in [0.2, 0.25) is 0 Å². The third kappa shape index (κ3) is 3.74. The van der Waals surface area contributed by atoms with Gasteiger partial charge in [0.05, 0.1) is 12.3 Å². The fraction of sp³-hybridized carbons (Fsp3) is 0.294. The van der Waals surface area contributed by atoms with Crippen LogP contribution in [0, 0.1) is 0 Å². The van der Waals surface area contributed by atoms with E-state index in [0.29, 0.717) is 11.3 Å². The van der Waals surface area contributed by atoms with E-state index in [1.807, 2.05) is 30.3 Å². The van der Waals surface area contributed by atoms with Crippen LogP contribution >= 0.6 is 11.3 Å². The molecule has 25 heavy (non-hydrogen) atoms. The minimum absolute atomic E-state index is 0.0230. The standard InChI is InChI=1S/C17H18N2O4S2/c1-2-25(22,23)15-9-8-13(24-15)11-19-16(20)14(18-17(19)21)10-12-6-4-3-5-7-12/h3-9,14H,2,10-11H2,1H3,(H,18,21). The molecule has 6 nitrogen and oxygen atoms in total. The Morgan fingerprint density at radius 1 is 1.12 bits per heavy atom. The molecule has 2 aromatic rings. The van der Waals surface area contributed by atoms with Gasteiger partial charge in [-0.05, 0) is 17.7 Å². The van der Waals surface area contributed by atoms with Gasteiger partial charge >= 0.3 is 6.03 Å². The Morgan fingerprint density at radius 3 is 2.52 bits per heavy atom. The molecule has 1 saturated heterocycles. The maximum absolute atomic E-state index is 12.5. The molecule has 0 saturated carbocycles. The van der Waals surface area contributed by atoms with Crippen LogP contribution in [0.15, 0.2) is 46.7 Å². The van der Waals surface area contributed by atoms with Gasteiger partial charge in [-0.25, -0.2) is 13.2 Å². The van der Waals surface area contributed by atoms with E-state index >= 15 is 0 Å². The number of amides is 3. The Bertz CT molecular complexity index is 890. The van der Waals surface area contributed by atoms with Gasteiger partial charge < -0.3 is 5.32 Å². The number of rotatable bonds is 6. The second-order valence-corrected chi connectivity index (χ2v) is 9.41. The highest BCUT2D eigenvalue weighted by atomic mass is 32.2. The summed E-state index contributed by atoms with van der Waals surface area (Å²) in [5.74, 6) is -0.267. The molecule has 1 unspecified atom stereocenters. The number of benzene rings is 1. The van der Waals surface area contributed by atoms with Crippen molar-refractivity contribution in [3.63, 3.8) is 0 Å². The smallest absolute Gasteiger partial charge is 0.325 e. The van der Waals surface area contributed by atoms with Crippen LogP contribution in [0.25, 0.3) is 0 Å². The zero-order valence-corrected chi connectivity index (χ0v) is 15.3. The molecule has 0 radical (unpaired) electrons. The number of carbonyl (C=O) groups excluding carboxylic acids is 2. The van der Waals surface area contributed by atoms with Gasteiger partial charge in [-0.2, -0.15) is 0 Å². The van der Waals surface area contributed by atoms with Gasteiger partial charge in [0.15, 0.2) is 9.84 Å². The third-order valence-corrected chi connectivity index (χ3v) is 7.41. The molecule has 1 N–H and O–H groups in total. The van der Waals surface area contributed by atoms with Crippen molar-refractivity contribution in [1.29, 1.82) is 0 Å². The molecular weight excluding hydrogens is 360 g/mol. The maximum atomic E-state index is 12.5. The summed E-state index contributed by atoms with van der Waals surface area (Å²) in [5.41, 5.74) is 0.968. The average molecular weight is 378 g/mol. The van der Waals surface area contributed by atoms with Crippen LogP contribution in [-0.2, 0) is 27.6 Å². The summed E-state index contributed by atoms with van der Waals surface area (Å²) in [7, 11) is -3.27. The fourth-order valence-corrected chi connectivity index (χ4v) is 5.09. The predicted molar refractivity (Wildman–Crippen MR) is 95.1 cm³/mol. The lowest BCUT2D eigenvalue weighted by molar-refractivity contribution is -0.127. The fourth-order valence-electron chi connectivity index (χ4n) is 2.62. The highest BCUT2D eigenvalue weighted by Gasteiger charge is 2.38. The molecule has 1 aromatic heterocycles. The van der Waals surface area contributed by atoms with E-state index < -0.39 is 21.9 Å². The largest absolute Gasteiger partial charge is 0.325 e. The summed E-state index contributed by atoms with van der Waals surface area (Å²) in [6.07, 6.45) is 0.432. The summed E-state index contributed by atoms with van der Waals surface area (Å²) in [5, 5.41) is 2.69. The minimum atomic E-state index is -3.27. The highest BCUT2D eigenvalue weighted by molar-refractivity contribution is 7.93. The lowest BCUT2D eigenvalue weighted by atomic mass is 10.1. The molecule has 1 aliphatic rings. The molecular formula is C17H18N2O4S2. The van der Waals surface area contributed by atoms with Crippen LogP contribution in [0.1, 0.15) is 17.4 Å². The van der Waals surface area contributed by atoms with E-state index in [-0.39, 0.29) is 22.4 Å². The van der Waals surface area contributed by atoms with Crippen molar-refractivity contribution in [3.8, 4) is 0 Å². The quantitative estimate of drug-likeness (QED) is 0.781. The van der Waals surface area contributed by atoms with Crippen LogP contribution in [0.3, 0.4) is 0 Å². The summed E-state index contributed by atoms with van der Waals surface area (Å²) in [6, 6.07) is 11.6. The van der Waals surface area contributed by atoms with E-state index in [1.165, 1.54) is 6.07 Å². The second kappa shape index (κ2) is 6.97. The van der Waals surface area contributed by atoms with Gasteiger partial charge in [0.25, 0.3) is 5.91 Å². The number of nitrogens with zero attached hydrogens (tertiary/aromatic N) is 1. The normalized spacial score (nSPS) is 17.8. The van der Waals surface area contributed by atoms with Gasteiger partial charge in [-0.3, -0.25) is 9.69 Å². The molecule has 1 fully saturated rings. The van der Waals surface area contributed by atoms with Gasteiger partial charge in [0.1, 0.15) is 10.3 Å². The van der Waals surface area contributed by atoms with Gasteiger partial charge in [0.2, 0.25) is 0 Å². The molecule has 3 rings (SSSR count). The number of carbonyl (C=O) groups is 2. The molecule has 132 valence electrons. The number of nitrogens with one attached hydrogen (secondary N) is 1. The Labute approximate surface area is 150 Å². The van der Waals surface area contributed by atoms with Crippen molar-refractivity contribution in [2.24, 2.45) is 0 Å². The van der Waals surface area contributed by atoms with Crippen molar-refractivity contribution < 1.29 is 18.0 Å². The Morgan fingerprint density at radius 2 is 1.84 bits per heavy atom. The lowest BCUT2D eigenvalue weighted by Gasteiger charge is -2.11. The van der Waals surface area contributed by atoms with E-state index in [0.717, 1.165) is 21.8 Å². The Hall–Kier alpha value is -2.19. The lowest BCUT2D eigenvalue weighted by Crippen LogP contribution is -2.32. The SMILES string of the molecule is CCS(=O)(=O)c1ccc(CN2C(=O)NC(Cc3ccccc3)C2=O)s1. The summed E-state index contributed by atoms with van der Waals surface area (Å²) < 4.78 is 24.0. The Balaban J connectivity index is 1.71. The number of hydrogen-bond donors (Lipinski definition) is 1. The number of imide groups is 1. The van der Waals surface area contributed by atoms with E-state index in [9.17, 15) is 18.0 Å². The van der Waals surface area contributed by atoms with Crippen molar-refractivity contribution >= 4 is 33.1 Å². The second-order valence-electron chi connectivity index (χ2n) is 5.74. The van der Waals surface area contributed by atoms with Gasteiger partial charge in [-0.1, -0.05) is 37.3 Å². The first-order chi connectivity index (χ1) is 11.9. The molecule has 3 amide bonds. The zero-order valence-electron chi connectivity index (χ0n) is 13.6. The molecule has 0 aliphatic carbocycles. The molecule has 2 heterocycles. The average Bonchev–Trinajstić information content (AvgIpc) is 3.17. The highest BCUT2D eigenvalue weighted by Crippen LogP contribution is 2.25. The first kappa shape index (κ1) is 17.6. The topological polar surface area (TPSA) is 83.6 Å². The van der Waals surface area contributed by atoms with Crippen LogP contribution in [-0.4, -0.2) is 37.1 Å². The summed E-state index contributed by atoms with van der Waals surface area (Å²) in [6.45, 7) is 1.67. The number of hydrogen-bond acceptors (Lipinski definition) is 5. The summed E-state index contributed by atoms with van der Waals surface area (Å²) in [4.78, 5) is 26.4.